The SMILES string of the molecule is c1cc(-c2cccc3c2sc2ccccc23)cc(N(c2ccccc2-c2ccc3ccccc3c2)c2ccccc2-c2cccc3sc4ccccc4c23)c1. The van der Waals surface area contributed by atoms with Crippen molar-refractivity contribution in [2.45, 2.75) is 0 Å². The summed E-state index contributed by atoms with van der Waals surface area (Å²) in [5.41, 5.74) is 10.6. The van der Waals surface area contributed by atoms with E-state index in [-0.39, 0.29) is 0 Å². The zero-order valence-corrected chi connectivity index (χ0v) is 31.4. The second kappa shape index (κ2) is 13.1. The predicted molar refractivity (Wildman–Crippen MR) is 241 cm³/mol. The lowest BCUT2D eigenvalue weighted by Crippen LogP contribution is -2.12. The van der Waals surface area contributed by atoms with Crippen molar-refractivity contribution in [2.24, 2.45) is 0 Å². The van der Waals surface area contributed by atoms with E-state index in [4.69, 9.17) is 0 Å². The molecule has 0 amide bonds. The molecule has 258 valence electrons. The first kappa shape index (κ1) is 32.0. The number of anilines is 3. The number of thiophene rings is 2. The van der Waals surface area contributed by atoms with Crippen molar-refractivity contribution in [2.75, 3.05) is 4.90 Å². The maximum Gasteiger partial charge on any atom is 0.0540 e. The zero-order chi connectivity index (χ0) is 36.3. The molecular weight excluding hydrogens is 703 g/mol. The van der Waals surface area contributed by atoms with Crippen LogP contribution in [0.25, 0.3) is 84.5 Å². The van der Waals surface area contributed by atoms with Crippen molar-refractivity contribution in [3.05, 3.63) is 200 Å². The van der Waals surface area contributed by atoms with Crippen molar-refractivity contribution in [3.8, 4) is 33.4 Å². The van der Waals surface area contributed by atoms with E-state index < -0.39 is 0 Å². The van der Waals surface area contributed by atoms with Gasteiger partial charge in [-0.3, -0.25) is 0 Å². The smallest absolute Gasteiger partial charge is 0.0540 e. The fraction of sp³-hybridized carbons (Fsp3) is 0. The number of nitrogens with zero attached hydrogens (tertiary/aromatic N) is 1. The van der Waals surface area contributed by atoms with Crippen molar-refractivity contribution in [1.29, 1.82) is 0 Å². The van der Waals surface area contributed by atoms with Gasteiger partial charge in [0.1, 0.15) is 0 Å². The Morgan fingerprint density at radius 3 is 1.78 bits per heavy atom. The van der Waals surface area contributed by atoms with Crippen molar-refractivity contribution in [3.63, 3.8) is 0 Å². The van der Waals surface area contributed by atoms with Crippen LogP contribution in [0.5, 0.6) is 0 Å². The fourth-order valence-electron chi connectivity index (χ4n) is 8.36. The Hall–Kier alpha value is -6.52. The summed E-state index contributed by atoms with van der Waals surface area (Å²) in [4.78, 5) is 2.49. The lowest BCUT2D eigenvalue weighted by Gasteiger charge is -2.30. The van der Waals surface area contributed by atoms with Crippen LogP contribution in [0.4, 0.5) is 17.1 Å². The number of rotatable bonds is 6. The minimum atomic E-state index is 1.11. The van der Waals surface area contributed by atoms with Gasteiger partial charge in [-0.05, 0) is 81.6 Å². The second-order valence-corrected chi connectivity index (χ2v) is 16.2. The van der Waals surface area contributed by atoms with Crippen LogP contribution in [0, 0.1) is 0 Å². The van der Waals surface area contributed by atoms with E-state index in [2.05, 4.69) is 205 Å². The van der Waals surface area contributed by atoms with Gasteiger partial charge in [-0.1, -0.05) is 152 Å². The van der Waals surface area contributed by atoms with Gasteiger partial charge in [-0.25, -0.2) is 0 Å². The Kier molecular flexibility index (Phi) is 7.61. The highest BCUT2D eigenvalue weighted by Crippen LogP contribution is 2.49. The summed E-state index contributed by atoms with van der Waals surface area (Å²) < 4.78 is 5.25. The maximum atomic E-state index is 2.49. The monoisotopic (exact) mass is 735 g/mol. The molecule has 0 saturated heterocycles. The first-order chi connectivity index (χ1) is 27.3. The second-order valence-electron chi connectivity index (χ2n) is 14.0. The standard InChI is InChI=1S/C52H33NS2/c1-2-15-35-32-37(31-30-34(35)14-1)39-18-3-7-25-46(39)53(38-17-11-16-36(33-38)40-22-12-24-44-42-20-5-9-27-48(42)55-52(40)44)47-26-8-4-19-41(47)43-23-13-29-50-51(43)45-21-6-10-28-49(45)54-50/h1-33H. The normalized spacial score (nSPS) is 11.6. The maximum absolute atomic E-state index is 2.49. The average Bonchev–Trinajstić information content (AvgIpc) is 3.83. The molecule has 9 aromatic carbocycles. The van der Waals surface area contributed by atoms with Gasteiger partial charge in [0.05, 0.1) is 11.4 Å². The number of hydrogen-bond donors (Lipinski definition) is 0. The van der Waals surface area contributed by atoms with Crippen molar-refractivity contribution in [1.82, 2.24) is 0 Å². The third-order valence-corrected chi connectivity index (χ3v) is 13.2. The molecule has 11 rings (SSSR count). The molecule has 11 aromatic rings. The largest absolute Gasteiger partial charge is 0.309 e. The molecule has 0 atom stereocenters. The predicted octanol–water partition coefficient (Wildman–Crippen LogP) is 16.0. The van der Waals surface area contributed by atoms with Gasteiger partial charge in [0.25, 0.3) is 0 Å². The average molecular weight is 736 g/mol. The summed E-state index contributed by atoms with van der Waals surface area (Å²) in [6.07, 6.45) is 0. The molecule has 0 N–H and O–H groups in total. The first-order valence-corrected chi connectivity index (χ1v) is 20.3. The van der Waals surface area contributed by atoms with E-state index in [1.165, 1.54) is 84.5 Å². The van der Waals surface area contributed by atoms with Crippen LogP contribution in [0.15, 0.2) is 200 Å². The summed E-state index contributed by atoms with van der Waals surface area (Å²) in [7, 11) is 0. The van der Waals surface area contributed by atoms with Gasteiger partial charge in [0, 0.05) is 57.2 Å². The summed E-state index contributed by atoms with van der Waals surface area (Å²) in [6, 6.07) is 73.5. The van der Waals surface area contributed by atoms with E-state index in [0.29, 0.717) is 0 Å². The summed E-state index contributed by atoms with van der Waals surface area (Å²) >= 11 is 3.75. The van der Waals surface area contributed by atoms with E-state index in [9.17, 15) is 0 Å². The Bertz CT molecular complexity index is 3240. The van der Waals surface area contributed by atoms with Gasteiger partial charge in [0.2, 0.25) is 0 Å². The quantitative estimate of drug-likeness (QED) is 0.164. The lowest BCUT2D eigenvalue weighted by atomic mass is 9.95. The minimum absolute atomic E-state index is 1.11. The zero-order valence-electron chi connectivity index (χ0n) is 29.8. The van der Waals surface area contributed by atoms with Crippen molar-refractivity contribution >= 4 is 90.9 Å². The summed E-state index contributed by atoms with van der Waals surface area (Å²) in [5.74, 6) is 0. The summed E-state index contributed by atoms with van der Waals surface area (Å²) in [5, 5.41) is 7.71. The van der Waals surface area contributed by atoms with Crippen LogP contribution in [0.3, 0.4) is 0 Å². The molecule has 0 bridgehead atoms. The molecule has 2 heterocycles. The third-order valence-electron chi connectivity index (χ3n) is 10.9. The van der Waals surface area contributed by atoms with Crippen LogP contribution >= 0.6 is 22.7 Å². The molecule has 0 spiro atoms. The number of fused-ring (bicyclic) bond motifs is 7. The van der Waals surface area contributed by atoms with Gasteiger partial charge >= 0.3 is 0 Å². The molecule has 0 aliphatic heterocycles. The Morgan fingerprint density at radius 1 is 0.327 bits per heavy atom. The van der Waals surface area contributed by atoms with Crippen LogP contribution in [-0.2, 0) is 0 Å². The highest BCUT2D eigenvalue weighted by molar-refractivity contribution is 7.26. The van der Waals surface area contributed by atoms with Crippen LogP contribution in [-0.4, -0.2) is 0 Å². The van der Waals surface area contributed by atoms with E-state index in [0.717, 1.165) is 17.1 Å². The molecule has 0 unspecified atom stereocenters. The number of benzene rings is 9. The fourth-order valence-corrected chi connectivity index (χ4v) is 10.7. The van der Waals surface area contributed by atoms with Crippen LogP contribution < -0.4 is 4.90 Å². The van der Waals surface area contributed by atoms with E-state index >= 15 is 0 Å². The van der Waals surface area contributed by atoms with Crippen molar-refractivity contribution < 1.29 is 0 Å². The topological polar surface area (TPSA) is 3.24 Å². The molecule has 2 aromatic heterocycles. The molecule has 0 fully saturated rings. The first-order valence-electron chi connectivity index (χ1n) is 18.7. The number of para-hydroxylation sites is 2. The molecule has 55 heavy (non-hydrogen) atoms. The lowest BCUT2D eigenvalue weighted by molar-refractivity contribution is 1.29. The number of hydrogen-bond acceptors (Lipinski definition) is 3. The van der Waals surface area contributed by atoms with E-state index in [1.807, 2.05) is 22.7 Å². The molecule has 0 saturated carbocycles. The minimum Gasteiger partial charge on any atom is -0.309 e. The molecule has 1 nitrogen and oxygen atoms in total. The summed E-state index contributed by atoms with van der Waals surface area (Å²) in [6.45, 7) is 0. The molecule has 3 heteroatoms. The highest BCUT2D eigenvalue weighted by Gasteiger charge is 2.23. The molecule has 0 radical (unpaired) electrons. The molecular formula is C52H33NS2. The van der Waals surface area contributed by atoms with Gasteiger partial charge in [-0.15, -0.1) is 22.7 Å². The Balaban J connectivity index is 1.17. The molecule has 0 aliphatic carbocycles. The highest BCUT2D eigenvalue weighted by atomic mass is 32.1. The van der Waals surface area contributed by atoms with Gasteiger partial charge in [-0.2, -0.15) is 0 Å². The van der Waals surface area contributed by atoms with Crippen LogP contribution in [0.1, 0.15) is 0 Å². The van der Waals surface area contributed by atoms with Gasteiger partial charge in [0.15, 0.2) is 0 Å². The third kappa shape index (κ3) is 5.35. The Morgan fingerprint density at radius 2 is 0.909 bits per heavy atom. The molecule has 0 aliphatic rings. The Labute approximate surface area is 327 Å². The van der Waals surface area contributed by atoms with Gasteiger partial charge < -0.3 is 4.90 Å². The van der Waals surface area contributed by atoms with E-state index in [1.54, 1.807) is 0 Å². The van der Waals surface area contributed by atoms with Crippen LogP contribution in [0.2, 0.25) is 0 Å².